The third-order valence-corrected chi connectivity index (χ3v) is 15.9. The van der Waals surface area contributed by atoms with E-state index in [0.717, 1.165) is 29.6 Å². The van der Waals surface area contributed by atoms with E-state index < -0.39 is 77.8 Å². The van der Waals surface area contributed by atoms with Gasteiger partial charge >= 0.3 is 5.97 Å². The van der Waals surface area contributed by atoms with Gasteiger partial charge in [0, 0.05) is 74.7 Å². The predicted molar refractivity (Wildman–Crippen MR) is 261 cm³/mol. The van der Waals surface area contributed by atoms with Gasteiger partial charge in [-0.2, -0.15) is 0 Å². The van der Waals surface area contributed by atoms with E-state index in [1.807, 2.05) is 39.8 Å². The van der Waals surface area contributed by atoms with Crippen LogP contribution in [-0.2, 0) is 42.9 Å². The maximum Gasteiger partial charge on any atom is 0.329 e. The molecule has 4 fully saturated rings. The number of hydrogen-bond donors (Lipinski definition) is 2. The molecule has 2 bridgehead atoms. The second kappa shape index (κ2) is 23.1. The number of esters is 1. The van der Waals surface area contributed by atoms with Crippen LogP contribution < -0.4 is 4.74 Å². The summed E-state index contributed by atoms with van der Waals surface area (Å²) in [7, 11) is 3.09. The zero-order chi connectivity index (χ0) is 49.7. The molecule has 0 spiro atoms. The number of amides is 1. The number of rotatable bonds is 10. The van der Waals surface area contributed by atoms with E-state index in [1.54, 1.807) is 28.1 Å². The minimum absolute atomic E-state index is 0.0223. The van der Waals surface area contributed by atoms with Gasteiger partial charge in [0.25, 0.3) is 11.7 Å². The Hall–Kier alpha value is -3.92. The summed E-state index contributed by atoms with van der Waals surface area (Å²) >= 11 is 0. The molecule has 2 aliphatic carbocycles. The van der Waals surface area contributed by atoms with Gasteiger partial charge < -0.3 is 48.1 Å². The molecule has 1 amide bonds. The molecule has 69 heavy (non-hydrogen) atoms. The minimum Gasteiger partial charge on any atom is -0.488 e. The Kier molecular flexibility index (Phi) is 17.7. The molecule has 4 heterocycles. The second-order valence-corrected chi connectivity index (χ2v) is 21.1. The number of piperidine rings is 1. The van der Waals surface area contributed by atoms with Gasteiger partial charge in [-0.15, -0.1) is 0 Å². The molecule has 2 saturated carbocycles. The number of carbonyl (C=O) groups excluding carboxylic acids is 4. The van der Waals surface area contributed by atoms with Crippen LogP contribution in [0.5, 0.6) is 5.75 Å². The fraction of sp³-hybridized carbons (Fsp3) is 0.709. The summed E-state index contributed by atoms with van der Waals surface area (Å²) < 4.78 is 39.9. The first kappa shape index (κ1) is 52.9. The maximum atomic E-state index is 14.6. The summed E-state index contributed by atoms with van der Waals surface area (Å²) in [5, 5.41) is 25.2. The number of ketones is 2. The number of Topliss-reactive ketones (excluding diaryl/α,β-unsaturated/α-hetero) is 2. The number of aliphatic hydroxyl groups is 2. The van der Waals surface area contributed by atoms with Crippen LogP contribution in [0.4, 0.5) is 0 Å². The Balaban J connectivity index is 1.16. The normalized spacial score (nSPS) is 36.3. The molecule has 2 aromatic rings. The first-order valence-corrected chi connectivity index (χ1v) is 26.0. The lowest BCUT2D eigenvalue weighted by Crippen LogP contribution is -2.64. The summed E-state index contributed by atoms with van der Waals surface area (Å²) in [6.45, 7) is 13.9. The summed E-state index contributed by atoms with van der Waals surface area (Å²) in [4.78, 5) is 58.7. The van der Waals surface area contributed by atoms with E-state index in [2.05, 4.69) is 42.0 Å². The van der Waals surface area contributed by atoms with Gasteiger partial charge in [-0.05, 0) is 139 Å². The maximum absolute atomic E-state index is 14.6. The third-order valence-electron chi connectivity index (χ3n) is 15.9. The molecule has 14 unspecified atom stereocenters. The number of methoxy groups -OCH3 is 2. The number of aliphatic hydroxyl groups excluding tert-OH is 1. The van der Waals surface area contributed by atoms with E-state index in [0.29, 0.717) is 56.7 Å². The number of allylic oxidation sites excluding steroid dienone is 3. The van der Waals surface area contributed by atoms with E-state index >= 15 is 0 Å². The van der Waals surface area contributed by atoms with Gasteiger partial charge in [-0.1, -0.05) is 45.4 Å². The van der Waals surface area contributed by atoms with Crippen molar-refractivity contribution in [2.45, 2.75) is 193 Å². The molecule has 0 radical (unpaired) electrons. The van der Waals surface area contributed by atoms with Gasteiger partial charge in [-0.25, -0.2) is 4.79 Å². The number of ether oxygens (including phenoxy) is 6. The quantitative estimate of drug-likeness (QED) is 0.133. The first-order chi connectivity index (χ1) is 33.0. The average Bonchev–Trinajstić information content (AvgIpc) is 4.10. The topological polar surface area (TPSA) is 172 Å². The molecule has 14 heteroatoms. The van der Waals surface area contributed by atoms with E-state index in [9.17, 15) is 29.4 Å². The Bertz CT molecular complexity index is 2180. The number of fused-ring (bicyclic) bond motifs is 4. The average molecular weight is 961 g/mol. The number of carbonyl (C=O) groups is 4. The van der Waals surface area contributed by atoms with Gasteiger partial charge in [0.05, 0.1) is 24.4 Å². The summed E-state index contributed by atoms with van der Waals surface area (Å²) in [5.74, 6) is -6.65. The minimum atomic E-state index is -2.51. The van der Waals surface area contributed by atoms with Crippen LogP contribution in [0.2, 0.25) is 0 Å². The number of aromatic nitrogens is 1. The molecule has 14 nitrogen and oxygen atoms in total. The molecule has 2 N–H and O–H groups in total. The van der Waals surface area contributed by atoms with Crippen LogP contribution in [0.15, 0.2) is 53.8 Å². The molecule has 1 aromatic carbocycles. The highest BCUT2D eigenvalue weighted by molar-refractivity contribution is 6.39. The van der Waals surface area contributed by atoms with Crippen molar-refractivity contribution in [3.8, 4) is 5.75 Å². The second-order valence-electron chi connectivity index (χ2n) is 21.1. The van der Waals surface area contributed by atoms with Crippen molar-refractivity contribution in [1.82, 2.24) is 9.47 Å². The summed E-state index contributed by atoms with van der Waals surface area (Å²) in [6.07, 6.45) is 9.37. The Labute approximate surface area is 409 Å². The third kappa shape index (κ3) is 12.1. The molecule has 1 aromatic heterocycles. The highest BCUT2D eigenvalue weighted by atomic mass is 16.7. The monoisotopic (exact) mass is 961 g/mol. The predicted octanol–water partition coefficient (Wildman–Crippen LogP) is 8.24. The highest BCUT2D eigenvalue weighted by Crippen LogP contribution is 2.41. The standard InChI is InChI=1S/C55H80N2O12/c1-10-38-25-32(3)24-33(4)26-48(64-8)51-49(65-9)28-35(6)55(63,69-51)52(60)53(61)57-22-13-12-14-43(57)54(62)68-50(36(7)44(58)31-45(38)59)34(5)27-37-15-20-46(47(29-37)66-11-2)67-41-18-19-42-39(30-41)21-23-56(42)40-16-17-40/h18-19,21,23,25,27,30,33,35-38,40,43-44,46-51,58,63H,10-17,20,22,24,26,28-29,31H2,1-9H3. The van der Waals surface area contributed by atoms with Gasteiger partial charge in [0.1, 0.15) is 35.9 Å². The smallest absolute Gasteiger partial charge is 0.329 e. The molecule has 2 saturated heterocycles. The zero-order valence-corrected chi connectivity index (χ0v) is 42.6. The Morgan fingerprint density at radius 3 is 2.33 bits per heavy atom. The lowest BCUT2D eigenvalue weighted by Gasteiger charge is -2.47. The van der Waals surface area contributed by atoms with Crippen molar-refractivity contribution in [3.63, 3.8) is 0 Å². The SMILES string of the molecule is CCOC1CC(C=C(C)C2OC(=O)C3CCCCN3C(=O)C(=O)C3(O)OC(C(OC)CC(C)CC(C)=CC(CC)C(=O)CC(O)C2C)C(OC)CC3C)CCC1Oc1ccc2c(ccn2C2CC2)c1. The first-order valence-electron chi connectivity index (χ1n) is 26.0. The summed E-state index contributed by atoms with van der Waals surface area (Å²) in [6, 6.07) is 7.89. The molecule has 14 atom stereocenters. The van der Waals surface area contributed by atoms with Crippen LogP contribution >= 0.6 is 0 Å². The van der Waals surface area contributed by atoms with Crippen molar-refractivity contribution >= 4 is 34.3 Å². The van der Waals surface area contributed by atoms with E-state index in [4.69, 9.17) is 28.4 Å². The van der Waals surface area contributed by atoms with Crippen molar-refractivity contribution in [1.29, 1.82) is 0 Å². The zero-order valence-electron chi connectivity index (χ0n) is 42.6. The van der Waals surface area contributed by atoms with Crippen LogP contribution in [0.25, 0.3) is 10.9 Å². The molecule has 3 aliphatic heterocycles. The van der Waals surface area contributed by atoms with Crippen molar-refractivity contribution < 1.29 is 57.8 Å². The lowest BCUT2D eigenvalue weighted by molar-refractivity contribution is -0.302. The molecule has 5 aliphatic rings. The van der Waals surface area contributed by atoms with Crippen molar-refractivity contribution in [2.24, 2.45) is 29.6 Å². The fourth-order valence-electron chi connectivity index (χ4n) is 11.7. The van der Waals surface area contributed by atoms with E-state index in [1.165, 1.54) is 23.3 Å². The highest BCUT2D eigenvalue weighted by Gasteiger charge is 2.56. The molecule has 382 valence electrons. The number of cyclic esters (lactones) is 1. The molecular formula is C55H80N2O12. The van der Waals surface area contributed by atoms with Crippen LogP contribution in [0.1, 0.15) is 138 Å². The van der Waals surface area contributed by atoms with Gasteiger partial charge in [-0.3, -0.25) is 14.4 Å². The Morgan fingerprint density at radius 1 is 0.899 bits per heavy atom. The van der Waals surface area contributed by atoms with Crippen LogP contribution in [-0.4, -0.2) is 125 Å². The largest absolute Gasteiger partial charge is 0.488 e. The fourth-order valence-corrected chi connectivity index (χ4v) is 11.7. The number of nitrogens with zero attached hydrogens (tertiary/aromatic N) is 2. The van der Waals surface area contributed by atoms with Crippen LogP contribution in [0, 0.1) is 29.6 Å². The number of benzene rings is 1. The van der Waals surface area contributed by atoms with Gasteiger partial charge in [0.2, 0.25) is 5.79 Å². The number of hydrogen-bond acceptors (Lipinski definition) is 12. The van der Waals surface area contributed by atoms with Gasteiger partial charge in [0.15, 0.2) is 0 Å². The Morgan fingerprint density at radius 2 is 1.64 bits per heavy atom. The van der Waals surface area contributed by atoms with Crippen molar-refractivity contribution in [2.75, 3.05) is 27.4 Å². The van der Waals surface area contributed by atoms with Crippen LogP contribution in [0.3, 0.4) is 0 Å². The molecular weight excluding hydrogens is 881 g/mol. The van der Waals surface area contributed by atoms with Crippen molar-refractivity contribution in [3.05, 3.63) is 53.8 Å². The lowest BCUT2D eigenvalue weighted by atomic mass is 9.81. The van der Waals surface area contributed by atoms with E-state index in [-0.39, 0.29) is 55.6 Å². The molecule has 7 rings (SSSR count). The summed E-state index contributed by atoms with van der Waals surface area (Å²) in [5.41, 5.74) is 2.92.